The molecule has 1 heterocycles. The van der Waals surface area contributed by atoms with Crippen molar-refractivity contribution in [3.8, 4) is 5.75 Å². The molecule has 1 aromatic heterocycles. The predicted molar refractivity (Wildman–Crippen MR) is 139 cm³/mol. The first kappa shape index (κ1) is 27.2. The third-order valence-corrected chi connectivity index (χ3v) is 4.85. The Hall–Kier alpha value is -1.84. The summed E-state index contributed by atoms with van der Waals surface area (Å²) in [6.45, 7) is 16.7. The molecule has 0 amide bonds. The smallest absolute Gasteiger partial charge is 0.191 e. The van der Waals surface area contributed by atoms with Gasteiger partial charge in [-0.25, -0.2) is 0 Å². The molecule has 0 unspecified atom stereocenters. The average Bonchev–Trinajstić information content (AvgIpc) is 3.18. The van der Waals surface area contributed by atoms with Gasteiger partial charge in [-0.1, -0.05) is 46.8 Å². The quantitative estimate of drug-likeness (QED) is 0.255. The molecule has 174 valence electrons. The summed E-state index contributed by atoms with van der Waals surface area (Å²) in [5, 5.41) is 14.9. The summed E-state index contributed by atoms with van der Waals surface area (Å²) in [6, 6.07) is 8.39. The largest absolute Gasteiger partial charge is 0.493 e. The van der Waals surface area contributed by atoms with Crippen molar-refractivity contribution < 1.29 is 4.74 Å². The van der Waals surface area contributed by atoms with Gasteiger partial charge in [0, 0.05) is 31.5 Å². The average molecular weight is 543 g/mol. The highest BCUT2D eigenvalue weighted by Crippen LogP contribution is 2.25. The third-order valence-electron chi connectivity index (χ3n) is 4.85. The van der Waals surface area contributed by atoms with Crippen LogP contribution in [0.25, 0.3) is 0 Å². The SMILES string of the molecule is CCNC(=NCC(C)(C)c1ccc(OCC(C)C)cc1)NCCn1cnnc1CC.I. The van der Waals surface area contributed by atoms with E-state index in [1.807, 2.05) is 0 Å². The van der Waals surface area contributed by atoms with Crippen molar-refractivity contribution >= 4 is 29.9 Å². The van der Waals surface area contributed by atoms with Gasteiger partial charge in [-0.15, -0.1) is 34.2 Å². The van der Waals surface area contributed by atoms with Crippen molar-refractivity contribution in [3.63, 3.8) is 0 Å². The Morgan fingerprint density at radius 2 is 1.87 bits per heavy atom. The number of guanidine groups is 1. The number of benzene rings is 1. The summed E-state index contributed by atoms with van der Waals surface area (Å²) in [6.07, 6.45) is 2.66. The fourth-order valence-corrected chi connectivity index (χ4v) is 3.01. The highest BCUT2D eigenvalue weighted by Gasteiger charge is 2.20. The van der Waals surface area contributed by atoms with Gasteiger partial charge in [-0.2, -0.15) is 0 Å². The van der Waals surface area contributed by atoms with E-state index in [4.69, 9.17) is 9.73 Å². The molecule has 0 spiro atoms. The van der Waals surface area contributed by atoms with Crippen molar-refractivity contribution in [1.29, 1.82) is 0 Å². The molecule has 0 bridgehead atoms. The van der Waals surface area contributed by atoms with Gasteiger partial charge in [0.2, 0.25) is 0 Å². The maximum Gasteiger partial charge on any atom is 0.191 e. The number of ether oxygens (including phenoxy) is 1. The van der Waals surface area contributed by atoms with Crippen LogP contribution < -0.4 is 15.4 Å². The van der Waals surface area contributed by atoms with Crippen molar-refractivity contribution in [2.45, 2.75) is 59.9 Å². The van der Waals surface area contributed by atoms with Gasteiger partial charge in [0.15, 0.2) is 5.96 Å². The molecule has 2 N–H and O–H groups in total. The van der Waals surface area contributed by atoms with Crippen LogP contribution in [0.4, 0.5) is 0 Å². The minimum atomic E-state index is -0.0808. The van der Waals surface area contributed by atoms with Crippen LogP contribution in [0.2, 0.25) is 0 Å². The Morgan fingerprint density at radius 1 is 1.16 bits per heavy atom. The summed E-state index contributed by atoms with van der Waals surface area (Å²) in [5.41, 5.74) is 1.17. The number of halogens is 1. The molecule has 7 nitrogen and oxygen atoms in total. The maximum absolute atomic E-state index is 5.80. The Kier molecular flexibility index (Phi) is 11.9. The second-order valence-electron chi connectivity index (χ2n) is 8.53. The summed E-state index contributed by atoms with van der Waals surface area (Å²) in [5.74, 6) is 3.27. The lowest BCUT2D eigenvalue weighted by Crippen LogP contribution is -2.40. The zero-order valence-corrected chi connectivity index (χ0v) is 22.1. The fourth-order valence-electron chi connectivity index (χ4n) is 3.01. The van der Waals surface area contributed by atoms with Crippen molar-refractivity contribution in [3.05, 3.63) is 42.0 Å². The van der Waals surface area contributed by atoms with Crippen LogP contribution in [0.15, 0.2) is 35.6 Å². The number of hydrogen-bond acceptors (Lipinski definition) is 4. The molecule has 0 fully saturated rings. The molecular weight excluding hydrogens is 503 g/mol. The van der Waals surface area contributed by atoms with Crippen LogP contribution in [0.1, 0.15) is 52.9 Å². The van der Waals surface area contributed by atoms with Crippen LogP contribution in [-0.4, -0.2) is 47.0 Å². The van der Waals surface area contributed by atoms with E-state index in [-0.39, 0.29) is 29.4 Å². The highest BCUT2D eigenvalue weighted by molar-refractivity contribution is 14.0. The van der Waals surface area contributed by atoms with Crippen LogP contribution in [0.3, 0.4) is 0 Å². The lowest BCUT2D eigenvalue weighted by molar-refractivity contribution is 0.271. The number of aliphatic imine (C=N–C) groups is 1. The molecule has 0 aliphatic carbocycles. The Labute approximate surface area is 204 Å². The lowest BCUT2D eigenvalue weighted by atomic mass is 9.85. The molecule has 31 heavy (non-hydrogen) atoms. The second-order valence-corrected chi connectivity index (χ2v) is 8.53. The van der Waals surface area contributed by atoms with Crippen LogP contribution in [0, 0.1) is 5.92 Å². The van der Waals surface area contributed by atoms with Gasteiger partial charge in [0.1, 0.15) is 17.9 Å². The molecule has 0 atom stereocenters. The summed E-state index contributed by atoms with van der Waals surface area (Å²) in [4.78, 5) is 4.83. The maximum atomic E-state index is 5.80. The minimum Gasteiger partial charge on any atom is -0.493 e. The standard InChI is InChI=1S/C23H38N6O.HI/c1-7-21-28-27-17-29(21)14-13-25-22(24-8-2)26-16-23(5,6)19-9-11-20(12-10-19)30-15-18(3)4;/h9-12,17-18H,7-8,13-16H2,1-6H3,(H2,24,25,26);1H. The van der Waals surface area contributed by atoms with Gasteiger partial charge in [-0.05, 0) is 30.5 Å². The number of nitrogens with zero attached hydrogens (tertiary/aromatic N) is 4. The van der Waals surface area contributed by atoms with Crippen molar-refractivity contribution in [1.82, 2.24) is 25.4 Å². The summed E-state index contributed by atoms with van der Waals surface area (Å²) >= 11 is 0. The summed E-state index contributed by atoms with van der Waals surface area (Å²) in [7, 11) is 0. The van der Waals surface area contributed by atoms with Gasteiger partial charge in [0.05, 0.1) is 13.2 Å². The molecule has 1 aromatic carbocycles. The highest BCUT2D eigenvalue weighted by atomic mass is 127. The molecule has 0 saturated carbocycles. The van der Waals surface area contributed by atoms with E-state index >= 15 is 0 Å². The van der Waals surface area contributed by atoms with Gasteiger partial charge in [-0.3, -0.25) is 4.99 Å². The Morgan fingerprint density at radius 3 is 2.48 bits per heavy atom. The molecule has 8 heteroatoms. The molecule has 0 saturated heterocycles. The topological polar surface area (TPSA) is 76.4 Å². The Bertz CT molecular complexity index is 786. The molecule has 2 rings (SSSR count). The number of aromatic nitrogens is 3. The van der Waals surface area contributed by atoms with E-state index in [0.717, 1.165) is 50.2 Å². The van der Waals surface area contributed by atoms with E-state index in [1.165, 1.54) is 5.56 Å². The van der Waals surface area contributed by atoms with E-state index in [9.17, 15) is 0 Å². The number of rotatable bonds is 11. The molecule has 0 aliphatic heterocycles. The predicted octanol–water partition coefficient (Wildman–Crippen LogP) is 4.03. The Balaban J connectivity index is 0.00000480. The minimum absolute atomic E-state index is 0. The first-order chi connectivity index (χ1) is 14.4. The zero-order chi connectivity index (χ0) is 22.0. The third kappa shape index (κ3) is 9.04. The van der Waals surface area contributed by atoms with E-state index in [0.29, 0.717) is 12.5 Å². The molecule has 2 aromatic rings. The summed E-state index contributed by atoms with van der Waals surface area (Å²) < 4.78 is 7.87. The lowest BCUT2D eigenvalue weighted by Gasteiger charge is -2.24. The van der Waals surface area contributed by atoms with E-state index in [2.05, 4.69) is 91.2 Å². The van der Waals surface area contributed by atoms with Gasteiger partial charge >= 0.3 is 0 Å². The van der Waals surface area contributed by atoms with Crippen molar-refractivity contribution in [2.24, 2.45) is 10.9 Å². The van der Waals surface area contributed by atoms with Gasteiger partial charge in [0.25, 0.3) is 0 Å². The van der Waals surface area contributed by atoms with E-state index < -0.39 is 0 Å². The zero-order valence-electron chi connectivity index (χ0n) is 19.8. The van der Waals surface area contributed by atoms with Gasteiger partial charge < -0.3 is 19.9 Å². The number of nitrogens with one attached hydrogen (secondary N) is 2. The molecule has 0 radical (unpaired) electrons. The second kappa shape index (κ2) is 13.5. The number of hydrogen-bond donors (Lipinski definition) is 2. The number of aryl methyl sites for hydroxylation is 1. The monoisotopic (exact) mass is 542 g/mol. The fraction of sp³-hybridized carbons (Fsp3) is 0.609. The normalized spacial score (nSPS) is 11.9. The van der Waals surface area contributed by atoms with Crippen molar-refractivity contribution in [2.75, 3.05) is 26.2 Å². The first-order valence-corrected chi connectivity index (χ1v) is 11.0. The first-order valence-electron chi connectivity index (χ1n) is 11.0. The molecular formula is C23H39IN6O. The molecule has 0 aliphatic rings. The van der Waals surface area contributed by atoms with E-state index in [1.54, 1.807) is 6.33 Å². The van der Waals surface area contributed by atoms with Crippen LogP contribution >= 0.6 is 24.0 Å². The van der Waals surface area contributed by atoms with Crippen LogP contribution in [-0.2, 0) is 18.4 Å². The van der Waals surface area contributed by atoms with Crippen LogP contribution in [0.5, 0.6) is 5.75 Å².